The molecule has 0 saturated heterocycles. The Morgan fingerprint density at radius 2 is 1.63 bits per heavy atom. The number of carbonyl (C=O) groups excluding carboxylic acids is 1. The van der Waals surface area contributed by atoms with Gasteiger partial charge in [0.1, 0.15) is 0 Å². The molecule has 0 aliphatic rings. The molecule has 8 heteroatoms. The first-order valence-electron chi connectivity index (χ1n) is 8.46. The molecule has 1 amide bonds. The van der Waals surface area contributed by atoms with Crippen LogP contribution < -0.4 is 10.0 Å². The van der Waals surface area contributed by atoms with Gasteiger partial charge in [-0.3, -0.25) is 4.79 Å². The van der Waals surface area contributed by atoms with Crippen molar-refractivity contribution in [3.63, 3.8) is 0 Å². The monoisotopic (exact) mass is 426 g/mol. The topological polar surface area (TPSA) is 75.3 Å². The van der Waals surface area contributed by atoms with E-state index in [9.17, 15) is 13.2 Å². The molecular formula is C19H23ClN2O3S2. The van der Waals surface area contributed by atoms with Gasteiger partial charge in [-0.25, -0.2) is 13.1 Å². The molecular weight excluding hydrogens is 404 g/mol. The summed E-state index contributed by atoms with van der Waals surface area (Å²) in [5, 5.41) is 3.24. The van der Waals surface area contributed by atoms with Crippen molar-refractivity contribution in [2.45, 2.75) is 42.7 Å². The van der Waals surface area contributed by atoms with E-state index in [2.05, 4.69) is 10.0 Å². The fourth-order valence-electron chi connectivity index (χ4n) is 2.22. The number of thioether (sulfide) groups is 1. The largest absolute Gasteiger partial charge is 0.325 e. The molecule has 1 unspecified atom stereocenters. The number of nitrogens with one attached hydrogen (secondary N) is 2. The van der Waals surface area contributed by atoms with Crippen LogP contribution in [-0.2, 0) is 20.6 Å². The van der Waals surface area contributed by atoms with Gasteiger partial charge in [0.15, 0.2) is 0 Å². The van der Waals surface area contributed by atoms with Gasteiger partial charge in [-0.1, -0.05) is 23.7 Å². The minimum atomic E-state index is -3.54. The molecule has 2 aromatic carbocycles. The van der Waals surface area contributed by atoms with E-state index in [1.165, 1.54) is 23.9 Å². The van der Waals surface area contributed by atoms with Crippen molar-refractivity contribution in [3.8, 4) is 0 Å². The fourth-order valence-corrected chi connectivity index (χ4v) is 4.44. The highest BCUT2D eigenvalue weighted by Gasteiger charge is 2.17. The molecule has 0 aliphatic carbocycles. The van der Waals surface area contributed by atoms with Gasteiger partial charge in [0.05, 0.1) is 10.1 Å². The summed E-state index contributed by atoms with van der Waals surface area (Å²) in [7, 11) is -3.54. The first kappa shape index (κ1) is 21.8. The molecule has 146 valence electrons. The molecule has 0 radical (unpaired) electrons. The molecule has 0 saturated carbocycles. The standard InChI is InChI=1S/C19H23ClN2O3S2/c1-13(2)22-27(24,25)18-10-8-17(9-11-18)21-19(23)14(3)26-12-15-4-6-16(20)7-5-15/h4-11,13-14,22H,12H2,1-3H3,(H,21,23). The van der Waals surface area contributed by atoms with E-state index >= 15 is 0 Å². The predicted octanol–water partition coefficient (Wildman–Crippen LogP) is 4.29. The Labute approximate surface area is 169 Å². The first-order chi connectivity index (χ1) is 12.7. The summed E-state index contributed by atoms with van der Waals surface area (Å²) in [5.74, 6) is 0.564. The Kier molecular flexibility index (Phi) is 7.73. The zero-order chi connectivity index (χ0) is 20.0. The lowest BCUT2D eigenvalue weighted by atomic mass is 10.2. The van der Waals surface area contributed by atoms with E-state index in [1.807, 2.05) is 31.2 Å². The molecule has 0 heterocycles. The van der Waals surface area contributed by atoms with Crippen molar-refractivity contribution in [2.24, 2.45) is 0 Å². The predicted molar refractivity (Wildman–Crippen MR) is 113 cm³/mol. The average Bonchev–Trinajstić information content (AvgIpc) is 2.60. The molecule has 0 spiro atoms. The number of carbonyl (C=O) groups is 1. The molecule has 5 nitrogen and oxygen atoms in total. The quantitative estimate of drug-likeness (QED) is 0.660. The Morgan fingerprint density at radius 3 is 2.19 bits per heavy atom. The van der Waals surface area contributed by atoms with E-state index in [0.717, 1.165) is 5.56 Å². The molecule has 0 aromatic heterocycles. The van der Waals surface area contributed by atoms with Crippen LogP contribution in [0, 0.1) is 0 Å². The van der Waals surface area contributed by atoms with Gasteiger partial charge >= 0.3 is 0 Å². The lowest BCUT2D eigenvalue weighted by Crippen LogP contribution is -2.30. The van der Waals surface area contributed by atoms with Crippen LogP contribution in [0.2, 0.25) is 5.02 Å². The lowest BCUT2D eigenvalue weighted by Gasteiger charge is -2.13. The highest BCUT2D eigenvalue weighted by molar-refractivity contribution is 7.99. The lowest BCUT2D eigenvalue weighted by molar-refractivity contribution is -0.115. The summed E-state index contributed by atoms with van der Waals surface area (Å²) in [5.41, 5.74) is 1.65. The van der Waals surface area contributed by atoms with Crippen LogP contribution in [0.15, 0.2) is 53.4 Å². The zero-order valence-electron chi connectivity index (χ0n) is 15.4. The number of anilines is 1. The van der Waals surface area contributed by atoms with Crippen LogP contribution in [0.4, 0.5) is 5.69 Å². The van der Waals surface area contributed by atoms with Crippen LogP contribution >= 0.6 is 23.4 Å². The van der Waals surface area contributed by atoms with Crippen LogP contribution in [0.25, 0.3) is 0 Å². The molecule has 0 bridgehead atoms. The zero-order valence-corrected chi connectivity index (χ0v) is 17.8. The summed E-state index contributed by atoms with van der Waals surface area (Å²) in [6.45, 7) is 5.35. The van der Waals surface area contributed by atoms with Gasteiger partial charge < -0.3 is 5.32 Å². The summed E-state index contributed by atoms with van der Waals surface area (Å²) in [6.07, 6.45) is 0. The van der Waals surface area contributed by atoms with Crippen molar-refractivity contribution in [2.75, 3.05) is 5.32 Å². The fraction of sp³-hybridized carbons (Fsp3) is 0.316. The second-order valence-electron chi connectivity index (χ2n) is 6.37. The Morgan fingerprint density at radius 1 is 1.04 bits per heavy atom. The molecule has 0 fully saturated rings. The van der Waals surface area contributed by atoms with Gasteiger partial charge in [-0.05, 0) is 62.7 Å². The van der Waals surface area contributed by atoms with Gasteiger partial charge in [-0.2, -0.15) is 0 Å². The third-order valence-corrected chi connectivity index (χ3v) is 6.75. The number of sulfonamides is 1. The maximum atomic E-state index is 12.3. The van der Waals surface area contributed by atoms with E-state index in [0.29, 0.717) is 16.5 Å². The summed E-state index contributed by atoms with van der Waals surface area (Å²) in [4.78, 5) is 12.5. The number of rotatable bonds is 8. The highest BCUT2D eigenvalue weighted by Crippen LogP contribution is 2.21. The number of amides is 1. The molecule has 2 rings (SSSR count). The van der Waals surface area contributed by atoms with Crippen molar-refractivity contribution >= 4 is 45.0 Å². The number of benzene rings is 2. The van der Waals surface area contributed by atoms with Crippen molar-refractivity contribution in [1.29, 1.82) is 0 Å². The maximum Gasteiger partial charge on any atom is 0.240 e. The van der Waals surface area contributed by atoms with Crippen LogP contribution in [0.1, 0.15) is 26.3 Å². The van der Waals surface area contributed by atoms with E-state index in [4.69, 9.17) is 11.6 Å². The Bertz CT molecular complexity index is 867. The molecule has 2 N–H and O–H groups in total. The number of halogens is 1. The third kappa shape index (κ3) is 6.84. The second kappa shape index (κ2) is 9.59. The Hall–Kier alpha value is -1.54. The van der Waals surface area contributed by atoms with E-state index < -0.39 is 10.0 Å². The average molecular weight is 427 g/mol. The van der Waals surface area contributed by atoms with E-state index in [1.54, 1.807) is 26.0 Å². The Balaban J connectivity index is 1.91. The van der Waals surface area contributed by atoms with Crippen molar-refractivity contribution in [1.82, 2.24) is 4.72 Å². The number of hydrogen-bond acceptors (Lipinski definition) is 4. The van der Waals surface area contributed by atoms with Crippen molar-refractivity contribution in [3.05, 3.63) is 59.1 Å². The summed E-state index contributed by atoms with van der Waals surface area (Å²) in [6, 6.07) is 13.5. The van der Waals surface area contributed by atoms with Crippen LogP contribution in [-0.4, -0.2) is 25.6 Å². The van der Waals surface area contributed by atoms with Gasteiger partial charge in [0, 0.05) is 22.5 Å². The van der Waals surface area contributed by atoms with Crippen LogP contribution in [0.3, 0.4) is 0 Å². The first-order valence-corrected chi connectivity index (χ1v) is 11.4. The normalized spacial score (nSPS) is 12.8. The summed E-state index contributed by atoms with van der Waals surface area (Å²) >= 11 is 7.38. The van der Waals surface area contributed by atoms with Gasteiger partial charge in [0.2, 0.25) is 15.9 Å². The van der Waals surface area contributed by atoms with E-state index in [-0.39, 0.29) is 22.1 Å². The highest BCUT2D eigenvalue weighted by atomic mass is 35.5. The molecule has 27 heavy (non-hydrogen) atoms. The minimum absolute atomic E-state index is 0.134. The second-order valence-corrected chi connectivity index (χ2v) is 9.85. The van der Waals surface area contributed by atoms with Crippen molar-refractivity contribution < 1.29 is 13.2 Å². The number of hydrogen-bond donors (Lipinski definition) is 2. The maximum absolute atomic E-state index is 12.3. The molecule has 1 atom stereocenters. The van der Waals surface area contributed by atoms with Crippen LogP contribution in [0.5, 0.6) is 0 Å². The van der Waals surface area contributed by atoms with Gasteiger partial charge in [0.25, 0.3) is 0 Å². The molecule has 2 aromatic rings. The van der Waals surface area contributed by atoms with Gasteiger partial charge in [-0.15, -0.1) is 11.8 Å². The molecule has 0 aliphatic heterocycles. The minimum Gasteiger partial charge on any atom is -0.325 e. The summed E-state index contributed by atoms with van der Waals surface area (Å²) < 4.78 is 26.8. The smallest absolute Gasteiger partial charge is 0.240 e. The third-order valence-electron chi connectivity index (χ3n) is 3.61. The SMILES string of the molecule is CC(C)NS(=O)(=O)c1ccc(NC(=O)C(C)SCc2ccc(Cl)cc2)cc1.